The van der Waals surface area contributed by atoms with Crippen LogP contribution in [0.4, 0.5) is 0 Å². The highest BCUT2D eigenvalue weighted by Crippen LogP contribution is 2.21. The molecule has 0 amide bonds. The molecule has 0 saturated carbocycles. The van der Waals surface area contributed by atoms with Gasteiger partial charge in [0.05, 0.1) is 0 Å². The predicted octanol–water partition coefficient (Wildman–Crippen LogP) is 2.24. The third kappa shape index (κ3) is 3.83. The van der Waals surface area contributed by atoms with Crippen molar-refractivity contribution < 1.29 is 0 Å². The molecule has 1 heterocycles. The normalized spacial score (nSPS) is 12.6. The average molecular weight is 327 g/mol. The summed E-state index contributed by atoms with van der Waals surface area (Å²) in [6, 6.07) is 8.34. The van der Waals surface area contributed by atoms with Crippen molar-refractivity contribution >= 4 is 27.7 Å². The highest BCUT2D eigenvalue weighted by Gasteiger charge is 2.09. The summed E-state index contributed by atoms with van der Waals surface area (Å²) in [7, 11) is 1.89. The Hall–Kier alpha value is -0.850. The smallest absolute Gasteiger partial charge is 0.138 e. The molecule has 0 aliphatic heterocycles. The molecule has 18 heavy (non-hydrogen) atoms. The number of aryl methyl sites for hydroxylation is 1. The maximum Gasteiger partial charge on any atom is 0.138 e. The van der Waals surface area contributed by atoms with E-state index >= 15 is 0 Å². The molecule has 0 aliphatic rings. The van der Waals surface area contributed by atoms with Crippen LogP contribution in [0.15, 0.2) is 40.0 Å². The van der Waals surface area contributed by atoms with Crippen LogP contribution in [-0.2, 0) is 13.5 Å². The lowest BCUT2D eigenvalue weighted by atomic mass is 10.2. The Morgan fingerprint density at radius 3 is 2.72 bits per heavy atom. The van der Waals surface area contributed by atoms with E-state index in [1.165, 1.54) is 4.90 Å². The van der Waals surface area contributed by atoms with Crippen molar-refractivity contribution in [2.45, 2.75) is 17.4 Å². The number of benzene rings is 1. The first-order valence-corrected chi connectivity index (χ1v) is 7.40. The fraction of sp³-hybridized carbons (Fsp3) is 0.333. The molecule has 1 unspecified atom stereocenters. The van der Waals surface area contributed by atoms with Gasteiger partial charge < -0.3 is 5.73 Å². The highest BCUT2D eigenvalue weighted by molar-refractivity contribution is 9.10. The standard InChI is InChI=1S/C12H15BrN4S/c1-17-12(15-8-16-17)6-10(14)7-18-11-4-2-9(13)3-5-11/h2-5,8,10H,6-7,14H2,1H3. The van der Waals surface area contributed by atoms with E-state index in [1.807, 2.05) is 19.2 Å². The van der Waals surface area contributed by atoms with Crippen LogP contribution >= 0.6 is 27.7 Å². The summed E-state index contributed by atoms with van der Waals surface area (Å²) in [5.41, 5.74) is 6.10. The van der Waals surface area contributed by atoms with Gasteiger partial charge in [-0.1, -0.05) is 15.9 Å². The number of thioether (sulfide) groups is 1. The van der Waals surface area contributed by atoms with Crippen LogP contribution in [-0.4, -0.2) is 26.6 Å². The van der Waals surface area contributed by atoms with Crippen LogP contribution < -0.4 is 5.73 Å². The number of hydrogen-bond acceptors (Lipinski definition) is 4. The lowest BCUT2D eigenvalue weighted by molar-refractivity contribution is 0.643. The van der Waals surface area contributed by atoms with Gasteiger partial charge in [-0.05, 0) is 24.3 Å². The second-order valence-corrected chi connectivity index (χ2v) is 6.04. The molecule has 2 N–H and O–H groups in total. The Morgan fingerprint density at radius 2 is 2.11 bits per heavy atom. The van der Waals surface area contributed by atoms with E-state index < -0.39 is 0 Å². The number of halogens is 1. The average Bonchev–Trinajstić information content (AvgIpc) is 2.74. The van der Waals surface area contributed by atoms with Crippen molar-refractivity contribution in [1.29, 1.82) is 0 Å². The topological polar surface area (TPSA) is 56.7 Å². The molecule has 1 aromatic heterocycles. The molecule has 0 saturated heterocycles. The summed E-state index contributed by atoms with van der Waals surface area (Å²) in [6.07, 6.45) is 2.31. The fourth-order valence-corrected chi connectivity index (χ4v) is 2.65. The number of nitrogens with zero attached hydrogens (tertiary/aromatic N) is 3. The second kappa shape index (κ2) is 6.36. The molecule has 6 heteroatoms. The van der Waals surface area contributed by atoms with Gasteiger partial charge in [-0.3, -0.25) is 4.68 Å². The summed E-state index contributed by atoms with van der Waals surface area (Å²) >= 11 is 5.18. The van der Waals surface area contributed by atoms with E-state index in [0.717, 1.165) is 22.5 Å². The van der Waals surface area contributed by atoms with Gasteiger partial charge in [0.2, 0.25) is 0 Å². The third-order valence-electron chi connectivity index (χ3n) is 2.53. The molecular weight excluding hydrogens is 312 g/mol. The van der Waals surface area contributed by atoms with E-state index in [4.69, 9.17) is 5.73 Å². The Balaban J connectivity index is 1.83. The van der Waals surface area contributed by atoms with Gasteiger partial charge >= 0.3 is 0 Å². The predicted molar refractivity (Wildman–Crippen MR) is 77.5 cm³/mol. The Labute approximate surface area is 119 Å². The molecule has 1 atom stereocenters. The Morgan fingerprint density at radius 1 is 1.39 bits per heavy atom. The zero-order valence-corrected chi connectivity index (χ0v) is 12.5. The summed E-state index contributed by atoms with van der Waals surface area (Å²) in [6.45, 7) is 0. The first-order valence-electron chi connectivity index (χ1n) is 5.62. The number of nitrogens with two attached hydrogens (primary N) is 1. The minimum Gasteiger partial charge on any atom is -0.327 e. The minimum atomic E-state index is 0.0848. The van der Waals surface area contributed by atoms with E-state index in [-0.39, 0.29) is 6.04 Å². The molecule has 0 radical (unpaired) electrons. The van der Waals surface area contributed by atoms with Crippen LogP contribution in [0.1, 0.15) is 5.82 Å². The largest absolute Gasteiger partial charge is 0.327 e. The van der Waals surface area contributed by atoms with Gasteiger partial charge in [0.15, 0.2) is 0 Å². The number of rotatable bonds is 5. The van der Waals surface area contributed by atoms with Crippen molar-refractivity contribution in [2.24, 2.45) is 12.8 Å². The first-order chi connectivity index (χ1) is 8.65. The van der Waals surface area contributed by atoms with Crippen LogP contribution in [0.3, 0.4) is 0 Å². The summed E-state index contributed by atoms with van der Waals surface area (Å²) in [4.78, 5) is 5.41. The van der Waals surface area contributed by atoms with E-state index in [1.54, 1.807) is 22.8 Å². The SMILES string of the molecule is Cn1ncnc1CC(N)CSc1ccc(Br)cc1. The maximum absolute atomic E-state index is 6.10. The monoisotopic (exact) mass is 326 g/mol. The molecule has 2 aromatic rings. The van der Waals surface area contributed by atoms with Crippen LogP contribution in [0.5, 0.6) is 0 Å². The van der Waals surface area contributed by atoms with Crippen molar-refractivity contribution in [3.05, 3.63) is 40.9 Å². The lowest BCUT2D eigenvalue weighted by Gasteiger charge is -2.10. The van der Waals surface area contributed by atoms with Crippen molar-refractivity contribution in [3.63, 3.8) is 0 Å². The van der Waals surface area contributed by atoms with Gasteiger partial charge in [0, 0.05) is 34.6 Å². The third-order valence-corrected chi connectivity index (χ3v) is 4.26. The zero-order valence-electron chi connectivity index (χ0n) is 10.1. The van der Waals surface area contributed by atoms with Crippen molar-refractivity contribution in [2.75, 3.05) is 5.75 Å². The molecule has 96 valence electrons. The van der Waals surface area contributed by atoms with E-state index in [9.17, 15) is 0 Å². The summed E-state index contributed by atoms with van der Waals surface area (Å²) < 4.78 is 2.86. The molecule has 0 spiro atoms. The molecule has 1 aromatic carbocycles. The highest BCUT2D eigenvalue weighted by atomic mass is 79.9. The van der Waals surface area contributed by atoms with E-state index in [0.29, 0.717) is 0 Å². The number of hydrogen-bond donors (Lipinski definition) is 1. The van der Waals surface area contributed by atoms with Crippen molar-refractivity contribution in [1.82, 2.24) is 14.8 Å². The Bertz CT molecular complexity index is 497. The minimum absolute atomic E-state index is 0.0848. The zero-order chi connectivity index (χ0) is 13.0. The van der Waals surface area contributed by atoms with Crippen molar-refractivity contribution in [3.8, 4) is 0 Å². The van der Waals surface area contributed by atoms with Gasteiger partial charge in [0.25, 0.3) is 0 Å². The quantitative estimate of drug-likeness (QED) is 0.856. The molecule has 0 bridgehead atoms. The molecule has 0 fully saturated rings. The summed E-state index contributed by atoms with van der Waals surface area (Å²) in [5, 5.41) is 4.04. The maximum atomic E-state index is 6.10. The Kier molecular flexibility index (Phi) is 4.79. The summed E-state index contributed by atoms with van der Waals surface area (Å²) in [5.74, 6) is 1.80. The first kappa shape index (κ1) is 13.6. The van der Waals surface area contributed by atoms with Crippen LogP contribution in [0, 0.1) is 0 Å². The second-order valence-electron chi connectivity index (χ2n) is 4.03. The molecule has 0 aliphatic carbocycles. The van der Waals surface area contributed by atoms with Crippen LogP contribution in [0.25, 0.3) is 0 Å². The van der Waals surface area contributed by atoms with Gasteiger partial charge in [0.1, 0.15) is 12.2 Å². The lowest BCUT2D eigenvalue weighted by Crippen LogP contribution is -2.27. The van der Waals surface area contributed by atoms with Crippen LogP contribution in [0.2, 0.25) is 0 Å². The molecule has 4 nitrogen and oxygen atoms in total. The van der Waals surface area contributed by atoms with Gasteiger partial charge in [-0.2, -0.15) is 5.10 Å². The van der Waals surface area contributed by atoms with E-state index in [2.05, 4.69) is 38.1 Å². The van der Waals surface area contributed by atoms with Gasteiger partial charge in [-0.15, -0.1) is 11.8 Å². The number of aromatic nitrogens is 3. The fourth-order valence-electron chi connectivity index (χ4n) is 1.53. The van der Waals surface area contributed by atoms with Gasteiger partial charge in [-0.25, -0.2) is 4.98 Å². The molecular formula is C12H15BrN4S. The molecule has 2 rings (SSSR count).